The summed E-state index contributed by atoms with van der Waals surface area (Å²) in [5.74, 6) is 0.744. The molecule has 0 aliphatic carbocycles. The minimum absolute atomic E-state index is 0.357. The highest BCUT2D eigenvalue weighted by atomic mass is 32.2. The summed E-state index contributed by atoms with van der Waals surface area (Å²) in [5.41, 5.74) is 0.926. The largest absolute Gasteiger partial charge is 0.497 e. The summed E-state index contributed by atoms with van der Waals surface area (Å²) in [6.07, 6.45) is 4.13. The van der Waals surface area contributed by atoms with E-state index in [-0.39, 0.29) is 0 Å². The molecular formula is C15H24N2O3S. The molecule has 0 aromatic heterocycles. The number of hydrogen-bond acceptors (Lipinski definition) is 3. The van der Waals surface area contributed by atoms with Gasteiger partial charge in [0, 0.05) is 26.7 Å². The molecule has 5 nitrogen and oxygen atoms in total. The average molecular weight is 312 g/mol. The van der Waals surface area contributed by atoms with Crippen molar-refractivity contribution in [2.24, 2.45) is 0 Å². The molecule has 1 aliphatic heterocycles. The topological polar surface area (TPSA) is 49.9 Å². The van der Waals surface area contributed by atoms with E-state index in [1.807, 2.05) is 24.3 Å². The molecule has 0 spiro atoms. The highest BCUT2D eigenvalue weighted by Gasteiger charge is 2.27. The number of benzene rings is 1. The third-order valence-electron chi connectivity index (χ3n) is 3.82. The lowest BCUT2D eigenvalue weighted by Gasteiger charge is -2.26. The fraction of sp³-hybridized carbons (Fsp3) is 0.600. The van der Waals surface area contributed by atoms with E-state index in [1.165, 1.54) is 4.31 Å². The van der Waals surface area contributed by atoms with Gasteiger partial charge in [-0.3, -0.25) is 0 Å². The van der Waals surface area contributed by atoms with Crippen LogP contribution in [0, 0.1) is 0 Å². The van der Waals surface area contributed by atoms with Crippen molar-refractivity contribution in [2.75, 3.05) is 27.2 Å². The highest BCUT2D eigenvalue weighted by molar-refractivity contribution is 7.86. The van der Waals surface area contributed by atoms with Crippen molar-refractivity contribution in [3.8, 4) is 5.75 Å². The van der Waals surface area contributed by atoms with Crippen LogP contribution in [0.3, 0.4) is 0 Å². The van der Waals surface area contributed by atoms with Crippen LogP contribution in [0.1, 0.15) is 31.2 Å². The van der Waals surface area contributed by atoms with E-state index in [0.717, 1.165) is 37.0 Å². The molecule has 0 atom stereocenters. The SMILES string of the molecule is COc1cccc(CN(C)S(=O)(=O)N2CCCCCC2)c1. The Morgan fingerprint density at radius 1 is 1.19 bits per heavy atom. The van der Waals surface area contributed by atoms with Crippen LogP contribution in [-0.4, -0.2) is 44.3 Å². The van der Waals surface area contributed by atoms with Crippen molar-refractivity contribution in [1.82, 2.24) is 8.61 Å². The van der Waals surface area contributed by atoms with Crippen LogP contribution in [-0.2, 0) is 16.8 Å². The zero-order valence-corrected chi connectivity index (χ0v) is 13.6. The number of ether oxygens (including phenoxy) is 1. The summed E-state index contributed by atoms with van der Waals surface area (Å²) in [6.45, 7) is 1.62. The predicted molar refractivity (Wildman–Crippen MR) is 83.4 cm³/mol. The fourth-order valence-electron chi connectivity index (χ4n) is 2.58. The molecule has 0 unspecified atom stereocenters. The molecule has 6 heteroatoms. The second kappa shape index (κ2) is 7.24. The lowest BCUT2D eigenvalue weighted by molar-refractivity contribution is 0.362. The molecule has 2 rings (SSSR count). The molecular weight excluding hydrogens is 288 g/mol. The van der Waals surface area contributed by atoms with Gasteiger partial charge in [-0.05, 0) is 30.5 Å². The quantitative estimate of drug-likeness (QED) is 0.838. The molecule has 1 aromatic carbocycles. The Balaban J connectivity index is 2.08. The second-order valence-corrected chi connectivity index (χ2v) is 7.46. The normalized spacial score (nSPS) is 17.7. The molecule has 0 radical (unpaired) electrons. The van der Waals surface area contributed by atoms with Gasteiger partial charge in [-0.2, -0.15) is 17.0 Å². The van der Waals surface area contributed by atoms with E-state index in [1.54, 1.807) is 18.5 Å². The molecule has 1 fully saturated rings. The van der Waals surface area contributed by atoms with E-state index in [2.05, 4.69) is 0 Å². The maximum Gasteiger partial charge on any atom is 0.282 e. The van der Waals surface area contributed by atoms with Crippen molar-refractivity contribution in [3.63, 3.8) is 0 Å². The molecule has 0 bridgehead atoms. The maximum absolute atomic E-state index is 12.6. The summed E-state index contributed by atoms with van der Waals surface area (Å²) in [5, 5.41) is 0. The third-order valence-corrected chi connectivity index (χ3v) is 5.76. The average Bonchev–Trinajstić information content (AvgIpc) is 2.77. The Morgan fingerprint density at radius 2 is 1.86 bits per heavy atom. The van der Waals surface area contributed by atoms with Crippen LogP contribution in [0.15, 0.2) is 24.3 Å². The molecule has 118 valence electrons. The summed E-state index contributed by atoms with van der Waals surface area (Å²) in [6, 6.07) is 7.51. The van der Waals surface area contributed by atoms with Gasteiger partial charge in [0.25, 0.3) is 10.2 Å². The number of methoxy groups -OCH3 is 1. The van der Waals surface area contributed by atoms with E-state index in [4.69, 9.17) is 4.74 Å². The first-order valence-corrected chi connectivity index (χ1v) is 8.78. The minimum atomic E-state index is -3.38. The van der Waals surface area contributed by atoms with Crippen LogP contribution in [0.25, 0.3) is 0 Å². The van der Waals surface area contributed by atoms with Crippen LogP contribution >= 0.6 is 0 Å². The summed E-state index contributed by atoms with van der Waals surface area (Å²) < 4.78 is 33.4. The van der Waals surface area contributed by atoms with Gasteiger partial charge in [0.15, 0.2) is 0 Å². The molecule has 0 saturated carbocycles. The first kappa shape index (κ1) is 16.3. The maximum atomic E-state index is 12.6. The molecule has 1 aromatic rings. The molecule has 0 amide bonds. The van der Waals surface area contributed by atoms with Crippen molar-refractivity contribution in [1.29, 1.82) is 0 Å². The summed E-state index contributed by atoms with van der Waals surface area (Å²) in [7, 11) is -0.131. The monoisotopic (exact) mass is 312 g/mol. The first-order valence-electron chi connectivity index (χ1n) is 7.38. The Bertz CT molecular complexity index is 552. The smallest absolute Gasteiger partial charge is 0.282 e. The van der Waals surface area contributed by atoms with Crippen LogP contribution in [0.4, 0.5) is 0 Å². The Hall–Kier alpha value is -1.11. The zero-order valence-electron chi connectivity index (χ0n) is 12.8. The Morgan fingerprint density at radius 3 is 2.48 bits per heavy atom. The lowest BCUT2D eigenvalue weighted by atomic mass is 10.2. The van der Waals surface area contributed by atoms with Gasteiger partial charge >= 0.3 is 0 Å². The standard InChI is InChI=1S/C15H24N2O3S/c1-16(13-14-8-7-9-15(12-14)20-2)21(18,19)17-10-5-3-4-6-11-17/h7-9,12H,3-6,10-11,13H2,1-2H3. The van der Waals surface area contributed by atoms with Crippen molar-refractivity contribution in [2.45, 2.75) is 32.2 Å². The van der Waals surface area contributed by atoms with Crippen LogP contribution in [0.5, 0.6) is 5.75 Å². The van der Waals surface area contributed by atoms with Gasteiger partial charge in [-0.15, -0.1) is 0 Å². The number of nitrogens with zero attached hydrogens (tertiary/aromatic N) is 2. The first-order chi connectivity index (χ1) is 10.0. The van der Waals surface area contributed by atoms with E-state index in [0.29, 0.717) is 19.6 Å². The van der Waals surface area contributed by atoms with Crippen molar-refractivity contribution >= 4 is 10.2 Å². The predicted octanol–water partition coefficient (Wildman–Crippen LogP) is 2.25. The van der Waals surface area contributed by atoms with E-state index < -0.39 is 10.2 Å². The van der Waals surface area contributed by atoms with Gasteiger partial charge in [0.05, 0.1) is 7.11 Å². The fourth-order valence-corrected chi connectivity index (χ4v) is 4.01. The molecule has 1 heterocycles. The molecule has 1 aliphatic rings. The van der Waals surface area contributed by atoms with E-state index >= 15 is 0 Å². The van der Waals surface area contributed by atoms with Crippen LogP contribution in [0.2, 0.25) is 0 Å². The van der Waals surface area contributed by atoms with Crippen molar-refractivity contribution < 1.29 is 13.2 Å². The zero-order chi connectivity index (χ0) is 15.3. The Kier molecular flexibility index (Phi) is 5.61. The third kappa shape index (κ3) is 4.18. The summed E-state index contributed by atoms with van der Waals surface area (Å²) in [4.78, 5) is 0. The Labute approximate surface area is 127 Å². The van der Waals surface area contributed by atoms with Gasteiger partial charge in [0.1, 0.15) is 5.75 Å². The lowest BCUT2D eigenvalue weighted by Crippen LogP contribution is -2.42. The minimum Gasteiger partial charge on any atom is -0.497 e. The van der Waals surface area contributed by atoms with Gasteiger partial charge in [0.2, 0.25) is 0 Å². The molecule has 0 N–H and O–H groups in total. The van der Waals surface area contributed by atoms with Crippen LogP contribution < -0.4 is 4.74 Å². The second-order valence-electron chi connectivity index (χ2n) is 5.43. The number of rotatable bonds is 5. The van der Waals surface area contributed by atoms with E-state index in [9.17, 15) is 8.42 Å². The van der Waals surface area contributed by atoms with Gasteiger partial charge in [-0.25, -0.2) is 0 Å². The summed E-state index contributed by atoms with van der Waals surface area (Å²) >= 11 is 0. The molecule has 21 heavy (non-hydrogen) atoms. The molecule has 1 saturated heterocycles. The number of hydrogen-bond donors (Lipinski definition) is 0. The van der Waals surface area contributed by atoms with Gasteiger partial charge in [-0.1, -0.05) is 25.0 Å². The van der Waals surface area contributed by atoms with Gasteiger partial charge < -0.3 is 4.74 Å². The highest BCUT2D eigenvalue weighted by Crippen LogP contribution is 2.19. The van der Waals surface area contributed by atoms with Crippen molar-refractivity contribution in [3.05, 3.63) is 29.8 Å².